The number of rotatable bonds is 9. The molecule has 0 fully saturated rings. The van der Waals surface area contributed by atoms with Gasteiger partial charge in [-0.05, 0) is 29.8 Å². The van der Waals surface area contributed by atoms with E-state index in [2.05, 4.69) is 20.6 Å². The van der Waals surface area contributed by atoms with Crippen molar-refractivity contribution in [2.45, 2.75) is 13.0 Å². The fourth-order valence-corrected chi connectivity index (χ4v) is 3.37. The molecule has 2 N–H and O–H groups in total. The Morgan fingerprint density at radius 3 is 2.48 bits per heavy atom. The van der Waals surface area contributed by atoms with Gasteiger partial charge in [-0.25, -0.2) is 9.97 Å². The second-order valence-electron chi connectivity index (χ2n) is 5.97. The summed E-state index contributed by atoms with van der Waals surface area (Å²) in [4.78, 5) is 20.9. The van der Waals surface area contributed by atoms with Gasteiger partial charge in [0.1, 0.15) is 5.82 Å². The van der Waals surface area contributed by atoms with Gasteiger partial charge >= 0.3 is 0 Å². The maximum absolute atomic E-state index is 12.3. The van der Waals surface area contributed by atoms with Crippen LogP contribution in [0.25, 0.3) is 0 Å². The highest BCUT2D eigenvalue weighted by molar-refractivity contribution is 7.13. The van der Waals surface area contributed by atoms with Gasteiger partial charge in [0.2, 0.25) is 11.7 Å². The predicted octanol–water partition coefficient (Wildman–Crippen LogP) is 3.17. The van der Waals surface area contributed by atoms with Crippen LogP contribution in [-0.4, -0.2) is 37.2 Å². The van der Waals surface area contributed by atoms with Crippen molar-refractivity contribution in [3.05, 3.63) is 53.2 Å². The minimum absolute atomic E-state index is 0.131. The smallest absolute Gasteiger partial charge is 0.226 e. The Bertz CT molecular complexity index is 937. The molecule has 0 unspecified atom stereocenters. The Morgan fingerprint density at radius 1 is 1.10 bits per heavy atom. The fraction of sp³-hybridized carbons (Fsp3) is 0.250. The minimum atomic E-state index is -0.131. The standard InChI is InChI=1S/C20H22N4O4S/c1-26-15-8-13(9-16(27-2)19(15)28-3)11-22-18(25)10-14-12-29-20(23-14)24-17-6-4-5-7-21-17/h4-9,12H,10-11H2,1-3H3,(H,22,25)(H,21,23,24). The maximum Gasteiger partial charge on any atom is 0.226 e. The van der Waals surface area contributed by atoms with Gasteiger partial charge in [-0.15, -0.1) is 11.3 Å². The Kier molecular flexibility index (Phi) is 6.85. The molecule has 0 aliphatic carbocycles. The van der Waals surface area contributed by atoms with Crippen LogP contribution in [0.5, 0.6) is 17.2 Å². The number of methoxy groups -OCH3 is 3. The molecule has 0 saturated heterocycles. The molecule has 3 aromatic rings. The first-order valence-corrected chi connectivity index (χ1v) is 9.69. The SMILES string of the molecule is COc1cc(CNC(=O)Cc2csc(Nc3ccccn3)n2)cc(OC)c1OC. The zero-order valence-electron chi connectivity index (χ0n) is 16.4. The van der Waals surface area contributed by atoms with E-state index in [9.17, 15) is 4.79 Å². The third kappa shape index (κ3) is 5.35. The van der Waals surface area contributed by atoms with Crippen LogP contribution in [0.2, 0.25) is 0 Å². The molecule has 3 rings (SSSR count). The van der Waals surface area contributed by atoms with Crippen LogP contribution in [0.1, 0.15) is 11.3 Å². The number of benzene rings is 1. The van der Waals surface area contributed by atoms with Crippen molar-refractivity contribution in [2.24, 2.45) is 0 Å². The van der Waals surface area contributed by atoms with Crippen LogP contribution in [0.3, 0.4) is 0 Å². The van der Waals surface area contributed by atoms with E-state index in [-0.39, 0.29) is 12.3 Å². The molecule has 2 heterocycles. The van der Waals surface area contributed by atoms with Crippen molar-refractivity contribution < 1.29 is 19.0 Å². The molecule has 0 spiro atoms. The van der Waals surface area contributed by atoms with Crippen LogP contribution in [0.15, 0.2) is 41.9 Å². The summed E-state index contributed by atoms with van der Waals surface area (Å²) in [5.74, 6) is 2.18. The van der Waals surface area contributed by atoms with E-state index in [1.54, 1.807) is 39.7 Å². The monoisotopic (exact) mass is 414 g/mol. The number of thiazole rings is 1. The third-order valence-electron chi connectivity index (χ3n) is 4.01. The molecule has 152 valence electrons. The van der Waals surface area contributed by atoms with Crippen molar-refractivity contribution >= 4 is 28.2 Å². The van der Waals surface area contributed by atoms with Crippen molar-refractivity contribution in [1.82, 2.24) is 15.3 Å². The Balaban J connectivity index is 1.58. The Hall–Kier alpha value is -3.33. The number of carbonyl (C=O) groups is 1. The lowest BCUT2D eigenvalue weighted by Crippen LogP contribution is -2.24. The van der Waals surface area contributed by atoms with E-state index in [4.69, 9.17) is 14.2 Å². The summed E-state index contributed by atoms with van der Waals surface area (Å²) in [6.45, 7) is 0.332. The van der Waals surface area contributed by atoms with Gasteiger partial charge in [0.25, 0.3) is 0 Å². The molecule has 0 saturated carbocycles. The van der Waals surface area contributed by atoms with Gasteiger partial charge in [0.15, 0.2) is 16.6 Å². The molecule has 0 atom stereocenters. The first-order valence-electron chi connectivity index (χ1n) is 8.81. The van der Waals surface area contributed by atoms with Crippen molar-refractivity contribution in [2.75, 3.05) is 26.6 Å². The zero-order chi connectivity index (χ0) is 20.6. The number of pyridine rings is 1. The largest absolute Gasteiger partial charge is 0.493 e. The highest BCUT2D eigenvalue weighted by Crippen LogP contribution is 2.38. The second-order valence-corrected chi connectivity index (χ2v) is 6.83. The highest BCUT2D eigenvalue weighted by atomic mass is 32.1. The minimum Gasteiger partial charge on any atom is -0.493 e. The number of ether oxygens (including phenoxy) is 3. The van der Waals surface area contributed by atoms with Gasteiger partial charge in [0, 0.05) is 18.1 Å². The molecule has 1 amide bonds. The van der Waals surface area contributed by atoms with Crippen molar-refractivity contribution in [3.8, 4) is 17.2 Å². The van der Waals surface area contributed by atoms with Crippen molar-refractivity contribution in [3.63, 3.8) is 0 Å². The molecule has 0 bridgehead atoms. The number of aromatic nitrogens is 2. The summed E-state index contributed by atoms with van der Waals surface area (Å²) in [6, 6.07) is 9.20. The second kappa shape index (κ2) is 9.74. The van der Waals surface area contributed by atoms with Gasteiger partial charge in [-0.1, -0.05) is 6.07 Å². The van der Waals surface area contributed by atoms with Gasteiger partial charge in [-0.3, -0.25) is 4.79 Å². The Morgan fingerprint density at radius 2 is 1.86 bits per heavy atom. The Labute approximate surface area is 172 Å². The lowest BCUT2D eigenvalue weighted by atomic mass is 10.1. The van der Waals surface area contributed by atoms with Crippen molar-refractivity contribution in [1.29, 1.82) is 0 Å². The van der Waals surface area contributed by atoms with E-state index in [0.717, 1.165) is 5.56 Å². The van der Waals surface area contributed by atoms with E-state index in [1.807, 2.05) is 23.6 Å². The quantitative estimate of drug-likeness (QED) is 0.555. The van der Waals surface area contributed by atoms with Gasteiger partial charge in [0.05, 0.1) is 33.4 Å². The fourth-order valence-electron chi connectivity index (χ4n) is 2.66. The molecule has 0 radical (unpaired) electrons. The molecule has 1 aromatic carbocycles. The first-order chi connectivity index (χ1) is 14.1. The maximum atomic E-state index is 12.3. The molecule has 9 heteroatoms. The number of hydrogen-bond donors (Lipinski definition) is 2. The van der Waals surface area contributed by atoms with Gasteiger partial charge in [-0.2, -0.15) is 0 Å². The van der Waals surface area contributed by atoms with E-state index in [1.165, 1.54) is 11.3 Å². The van der Waals surface area contributed by atoms with Gasteiger partial charge < -0.3 is 24.8 Å². The molecular formula is C20H22N4O4S. The highest BCUT2D eigenvalue weighted by Gasteiger charge is 2.14. The average Bonchev–Trinajstić information content (AvgIpc) is 3.18. The number of nitrogens with one attached hydrogen (secondary N) is 2. The van der Waals surface area contributed by atoms with Crippen LogP contribution in [-0.2, 0) is 17.8 Å². The van der Waals surface area contributed by atoms with Crippen LogP contribution in [0, 0.1) is 0 Å². The summed E-state index contributed by atoms with van der Waals surface area (Å²) >= 11 is 1.43. The van der Waals surface area contributed by atoms with E-state index < -0.39 is 0 Å². The normalized spacial score (nSPS) is 10.3. The summed E-state index contributed by atoms with van der Waals surface area (Å²) in [5.41, 5.74) is 1.53. The number of amides is 1. The topological polar surface area (TPSA) is 94.6 Å². The lowest BCUT2D eigenvalue weighted by molar-refractivity contribution is -0.120. The first kappa shape index (κ1) is 20.4. The van der Waals surface area contributed by atoms with E-state index in [0.29, 0.717) is 40.4 Å². The van der Waals surface area contributed by atoms with Crippen LogP contribution >= 0.6 is 11.3 Å². The molecule has 2 aromatic heterocycles. The average molecular weight is 414 g/mol. The lowest BCUT2D eigenvalue weighted by Gasteiger charge is -2.14. The summed E-state index contributed by atoms with van der Waals surface area (Å²) in [5, 5.41) is 8.55. The molecule has 0 aliphatic rings. The van der Waals surface area contributed by atoms with E-state index >= 15 is 0 Å². The number of anilines is 2. The molecule has 8 nitrogen and oxygen atoms in total. The molecular weight excluding hydrogens is 392 g/mol. The summed E-state index contributed by atoms with van der Waals surface area (Å²) < 4.78 is 16.0. The summed E-state index contributed by atoms with van der Waals surface area (Å²) in [6.07, 6.45) is 1.89. The number of carbonyl (C=O) groups excluding carboxylic acids is 1. The molecule has 0 aliphatic heterocycles. The zero-order valence-corrected chi connectivity index (χ0v) is 17.2. The van der Waals surface area contributed by atoms with Crippen LogP contribution in [0.4, 0.5) is 10.9 Å². The van der Waals surface area contributed by atoms with Crippen LogP contribution < -0.4 is 24.8 Å². The number of hydrogen-bond acceptors (Lipinski definition) is 8. The predicted molar refractivity (Wildman–Crippen MR) is 111 cm³/mol. The number of nitrogens with zero attached hydrogens (tertiary/aromatic N) is 2. The third-order valence-corrected chi connectivity index (χ3v) is 4.81. The summed E-state index contributed by atoms with van der Waals surface area (Å²) in [7, 11) is 4.66. The molecule has 29 heavy (non-hydrogen) atoms.